The molecule has 0 bridgehead atoms. The minimum absolute atomic E-state index is 1.12. The van der Waals surface area contributed by atoms with E-state index in [2.05, 4.69) is 12.3 Å². The second-order valence-electron chi connectivity index (χ2n) is 3.22. The Morgan fingerprint density at radius 2 is 1.64 bits per heavy atom. The minimum Gasteiger partial charge on any atom is -0.256 e. The van der Waals surface area contributed by atoms with E-state index in [0.29, 0.717) is 0 Å². The van der Waals surface area contributed by atoms with Gasteiger partial charge in [0.1, 0.15) is 0 Å². The molecule has 0 aliphatic carbocycles. The quantitative estimate of drug-likeness (QED) is 0.450. The highest BCUT2D eigenvalue weighted by Crippen LogP contribution is 2.00. The van der Waals surface area contributed by atoms with Crippen LogP contribution in [0.1, 0.15) is 39.0 Å². The fourth-order valence-corrected chi connectivity index (χ4v) is 1.03. The van der Waals surface area contributed by atoms with Crippen LogP contribution in [0, 0.1) is 0 Å². The van der Waals surface area contributed by atoms with E-state index in [1.165, 1.54) is 32.1 Å². The number of nitrogens with one attached hydrogen (secondary N) is 1. The van der Waals surface area contributed by atoms with Crippen molar-refractivity contribution in [2.75, 3.05) is 20.6 Å². The van der Waals surface area contributed by atoms with Crippen LogP contribution in [0.5, 0.6) is 0 Å². The molecule has 0 saturated carbocycles. The Bertz CT molecular complexity index is 72.0. The number of hydrogen-bond acceptors (Lipinski definition) is 2. The van der Waals surface area contributed by atoms with Gasteiger partial charge < -0.3 is 0 Å². The second kappa shape index (κ2) is 8.02. The standard InChI is InChI=1S/C9H22N2/c1-4-5-6-7-8-9-10-11(2)3/h10H,4-9H2,1-3H3. The topological polar surface area (TPSA) is 15.3 Å². The molecule has 68 valence electrons. The molecule has 0 aliphatic rings. The van der Waals surface area contributed by atoms with Crippen LogP contribution < -0.4 is 5.43 Å². The Kier molecular flexibility index (Phi) is 7.96. The summed E-state index contributed by atoms with van der Waals surface area (Å²) in [6.07, 6.45) is 6.79. The Morgan fingerprint density at radius 1 is 1.00 bits per heavy atom. The molecular formula is C9H22N2. The van der Waals surface area contributed by atoms with E-state index in [0.717, 1.165) is 6.54 Å². The van der Waals surface area contributed by atoms with E-state index in [4.69, 9.17) is 0 Å². The molecular weight excluding hydrogens is 136 g/mol. The molecule has 0 unspecified atom stereocenters. The maximum atomic E-state index is 3.26. The third kappa shape index (κ3) is 9.92. The maximum Gasteiger partial charge on any atom is 0.0102 e. The van der Waals surface area contributed by atoms with Crippen molar-refractivity contribution in [2.24, 2.45) is 0 Å². The normalized spacial score (nSPS) is 10.9. The lowest BCUT2D eigenvalue weighted by Crippen LogP contribution is -2.30. The monoisotopic (exact) mass is 158 g/mol. The molecule has 0 aromatic rings. The summed E-state index contributed by atoms with van der Waals surface area (Å²) in [4.78, 5) is 0. The average molecular weight is 158 g/mol. The first kappa shape index (κ1) is 10.9. The Morgan fingerprint density at radius 3 is 2.18 bits per heavy atom. The second-order valence-corrected chi connectivity index (χ2v) is 3.22. The van der Waals surface area contributed by atoms with Crippen molar-refractivity contribution >= 4 is 0 Å². The summed E-state index contributed by atoms with van der Waals surface area (Å²) in [5.74, 6) is 0. The van der Waals surface area contributed by atoms with Gasteiger partial charge in [-0.05, 0) is 6.42 Å². The van der Waals surface area contributed by atoms with Gasteiger partial charge in [0.25, 0.3) is 0 Å². The predicted molar refractivity (Wildman–Crippen MR) is 50.4 cm³/mol. The highest BCUT2D eigenvalue weighted by Gasteiger charge is 1.89. The molecule has 0 amide bonds. The zero-order valence-electron chi connectivity index (χ0n) is 8.19. The maximum absolute atomic E-state index is 3.26. The molecule has 0 heterocycles. The van der Waals surface area contributed by atoms with Crippen molar-refractivity contribution < 1.29 is 0 Å². The molecule has 0 aliphatic heterocycles. The van der Waals surface area contributed by atoms with E-state index >= 15 is 0 Å². The first-order valence-electron chi connectivity index (χ1n) is 4.68. The zero-order valence-corrected chi connectivity index (χ0v) is 8.19. The van der Waals surface area contributed by atoms with Crippen LogP contribution in [0.3, 0.4) is 0 Å². The summed E-state index contributed by atoms with van der Waals surface area (Å²) in [6.45, 7) is 3.37. The largest absolute Gasteiger partial charge is 0.256 e. The van der Waals surface area contributed by atoms with Crippen molar-refractivity contribution in [1.82, 2.24) is 10.4 Å². The van der Waals surface area contributed by atoms with E-state index < -0.39 is 0 Å². The fraction of sp³-hybridized carbons (Fsp3) is 1.00. The van der Waals surface area contributed by atoms with Crippen molar-refractivity contribution in [1.29, 1.82) is 0 Å². The highest BCUT2D eigenvalue weighted by atomic mass is 15.5. The van der Waals surface area contributed by atoms with Gasteiger partial charge in [0.15, 0.2) is 0 Å². The smallest absolute Gasteiger partial charge is 0.0102 e. The van der Waals surface area contributed by atoms with E-state index in [9.17, 15) is 0 Å². The number of rotatable bonds is 7. The summed E-state index contributed by atoms with van der Waals surface area (Å²) in [5, 5.41) is 2.01. The molecule has 2 heteroatoms. The zero-order chi connectivity index (χ0) is 8.53. The molecule has 0 atom stereocenters. The van der Waals surface area contributed by atoms with Crippen LogP contribution in [0.25, 0.3) is 0 Å². The third-order valence-electron chi connectivity index (χ3n) is 1.71. The molecule has 0 rings (SSSR count). The summed E-state index contributed by atoms with van der Waals surface area (Å²) < 4.78 is 0. The van der Waals surface area contributed by atoms with Crippen molar-refractivity contribution in [2.45, 2.75) is 39.0 Å². The Labute approximate surface area is 70.9 Å². The molecule has 0 aromatic heterocycles. The van der Waals surface area contributed by atoms with Crippen LogP contribution in [-0.4, -0.2) is 25.6 Å². The fourth-order valence-electron chi connectivity index (χ4n) is 1.03. The van der Waals surface area contributed by atoms with Gasteiger partial charge in [-0.25, -0.2) is 0 Å². The summed E-state index contributed by atoms with van der Waals surface area (Å²) in [6, 6.07) is 0. The van der Waals surface area contributed by atoms with Gasteiger partial charge in [-0.2, -0.15) is 0 Å². The molecule has 0 saturated heterocycles. The summed E-state index contributed by atoms with van der Waals surface area (Å²) in [7, 11) is 4.07. The molecule has 2 nitrogen and oxygen atoms in total. The van der Waals surface area contributed by atoms with E-state index in [-0.39, 0.29) is 0 Å². The van der Waals surface area contributed by atoms with Crippen LogP contribution in [-0.2, 0) is 0 Å². The van der Waals surface area contributed by atoms with Crippen LogP contribution in [0.15, 0.2) is 0 Å². The molecule has 0 aromatic carbocycles. The molecule has 0 fully saturated rings. The van der Waals surface area contributed by atoms with Gasteiger partial charge in [-0.3, -0.25) is 10.4 Å². The van der Waals surface area contributed by atoms with Gasteiger partial charge in [0, 0.05) is 20.6 Å². The number of hydrogen-bond donors (Lipinski definition) is 1. The Balaban J connectivity index is 2.80. The van der Waals surface area contributed by atoms with Gasteiger partial charge in [0.2, 0.25) is 0 Å². The van der Waals surface area contributed by atoms with Crippen molar-refractivity contribution in [3.63, 3.8) is 0 Å². The molecule has 11 heavy (non-hydrogen) atoms. The van der Waals surface area contributed by atoms with Crippen LogP contribution in [0.2, 0.25) is 0 Å². The van der Waals surface area contributed by atoms with E-state index in [1.54, 1.807) is 0 Å². The van der Waals surface area contributed by atoms with Gasteiger partial charge >= 0.3 is 0 Å². The Hall–Kier alpha value is -0.0800. The lowest BCUT2D eigenvalue weighted by Gasteiger charge is -2.10. The third-order valence-corrected chi connectivity index (χ3v) is 1.71. The number of nitrogens with zero attached hydrogens (tertiary/aromatic N) is 1. The molecule has 1 N–H and O–H groups in total. The molecule has 0 radical (unpaired) electrons. The van der Waals surface area contributed by atoms with Crippen LogP contribution in [0.4, 0.5) is 0 Å². The number of unbranched alkanes of at least 4 members (excludes halogenated alkanes) is 4. The lowest BCUT2D eigenvalue weighted by molar-refractivity contribution is 0.286. The minimum atomic E-state index is 1.12. The van der Waals surface area contributed by atoms with Crippen LogP contribution >= 0.6 is 0 Å². The molecule has 0 spiro atoms. The first-order chi connectivity index (χ1) is 5.27. The average Bonchev–Trinajstić information content (AvgIpc) is 1.96. The first-order valence-corrected chi connectivity index (χ1v) is 4.68. The predicted octanol–water partition coefficient (Wildman–Crippen LogP) is 2.02. The van der Waals surface area contributed by atoms with Crippen molar-refractivity contribution in [3.8, 4) is 0 Å². The van der Waals surface area contributed by atoms with E-state index in [1.807, 2.05) is 19.1 Å². The summed E-state index contributed by atoms with van der Waals surface area (Å²) in [5.41, 5.74) is 3.26. The summed E-state index contributed by atoms with van der Waals surface area (Å²) >= 11 is 0. The highest BCUT2D eigenvalue weighted by molar-refractivity contribution is 4.44. The van der Waals surface area contributed by atoms with Crippen molar-refractivity contribution in [3.05, 3.63) is 0 Å². The lowest BCUT2D eigenvalue weighted by atomic mass is 10.2. The van der Waals surface area contributed by atoms with Gasteiger partial charge in [0.05, 0.1) is 0 Å². The SMILES string of the molecule is CCCCCCCNN(C)C. The van der Waals surface area contributed by atoms with Gasteiger partial charge in [-0.15, -0.1) is 0 Å². The van der Waals surface area contributed by atoms with Gasteiger partial charge in [-0.1, -0.05) is 32.6 Å². The number of hydrazine groups is 1.